The lowest BCUT2D eigenvalue weighted by Gasteiger charge is -2.11. The van der Waals surface area contributed by atoms with Crippen molar-refractivity contribution in [3.05, 3.63) is 71.8 Å². The Balaban J connectivity index is 1.61. The van der Waals surface area contributed by atoms with E-state index in [1.54, 1.807) is 0 Å². The summed E-state index contributed by atoms with van der Waals surface area (Å²) in [6, 6.07) is 18.5. The molecule has 0 aliphatic rings. The molecule has 2 rings (SSSR count). The van der Waals surface area contributed by atoms with Crippen LogP contribution in [0.5, 0.6) is 0 Å². The van der Waals surface area contributed by atoms with E-state index in [0.717, 1.165) is 11.1 Å². The summed E-state index contributed by atoms with van der Waals surface area (Å²) in [5, 5.41) is 9.69. The standard InChI is InChI=1S/C18H20N2O5/c21-16(18(23)20-25-13-15-9-5-2-6-10-15)11-17(22)19-24-12-14-7-3-1-4-8-14/h1-10,16,21H,11-13H2,(H,19,22)(H,20,23). The van der Waals surface area contributed by atoms with Gasteiger partial charge in [0.15, 0.2) is 0 Å². The Morgan fingerprint density at radius 1 is 0.840 bits per heavy atom. The number of hydrogen-bond acceptors (Lipinski definition) is 5. The quantitative estimate of drug-likeness (QED) is 0.595. The SMILES string of the molecule is O=C(CC(O)C(=O)NOCc1ccccc1)NOCc1ccccc1. The number of rotatable bonds is 9. The summed E-state index contributed by atoms with van der Waals surface area (Å²) < 4.78 is 0. The van der Waals surface area contributed by atoms with Crippen LogP contribution in [0.1, 0.15) is 17.5 Å². The zero-order valence-electron chi connectivity index (χ0n) is 13.6. The summed E-state index contributed by atoms with van der Waals surface area (Å²) in [4.78, 5) is 33.3. The topological polar surface area (TPSA) is 96.9 Å². The van der Waals surface area contributed by atoms with Gasteiger partial charge in [-0.25, -0.2) is 11.0 Å². The van der Waals surface area contributed by atoms with Crippen LogP contribution in [-0.4, -0.2) is 23.0 Å². The highest BCUT2D eigenvalue weighted by Crippen LogP contribution is 2.01. The van der Waals surface area contributed by atoms with E-state index in [2.05, 4.69) is 11.0 Å². The highest BCUT2D eigenvalue weighted by Gasteiger charge is 2.19. The van der Waals surface area contributed by atoms with Gasteiger partial charge in [-0.2, -0.15) is 0 Å². The molecule has 0 heterocycles. The number of hydrogen-bond donors (Lipinski definition) is 3. The monoisotopic (exact) mass is 344 g/mol. The molecule has 132 valence electrons. The van der Waals surface area contributed by atoms with E-state index in [-0.39, 0.29) is 13.2 Å². The molecule has 0 saturated heterocycles. The molecule has 2 amide bonds. The maximum absolute atomic E-state index is 11.7. The van der Waals surface area contributed by atoms with Gasteiger partial charge in [0.1, 0.15) is 6.10 Å². The van der Waals surface area contributed by atoms with E-state index >= 15 is 0 Å². The number of benzene rings is 2. The summed E-state index contributed by atoms with van der Waals surface area (Å²) >= 11 is 0. The Morgan fingerprint density at radius 3 is 1.84 bits per heavy atom. The Hall–Kier alpha value is -2.74. The predicted octanol–water partition coefficient (Wildman–Crippen LogP) is 1.23. The van der Waals surface area contributed by atoms with E-state index in [9.17, 15) is 14.7 Å². The highest BCUT2D eigenvalue weighted by atomic mass is 16.7. The molecule has 0 aliphatic heterocycles. The fourth-order valence-electron chi connectivity index (χ4n) is 1.92. The molecule has 2 aromatic rings. The Kier molecular flexibility index (Phi) is 7.58. The number of hydroxylamine groups is 2. The van der Waals surface area contributed by atoms with Crippen LogP contribution in [-0.2, 0) is 32.5 Å². The molecule has 0 radical (unpaired) electrons. The maximum atomic E-state index is 11.7. The fraction of sp³-hybridized carbons (Fsp3) is 0.222. The molecule has 7 heteroatoms. The van der Waals surface area contributed by atoms with E-state index < -0.39 is 24.3 Å². The smallest absolute Gasteiger partial charge is 0.272 e. The van der Waals surface area contributed by atoms with Crippen LogP contribution < -0.4 is 11.0 Å². The molecule has 1 unspecified atom stereocenters. The normalized spacial score (nSPS) is 11.6. The van der Waals surface area contributed by atoms with E-state index in [4.69, 9.17) is 9.68 Å². The van der Waals surface area contributed by atoms with Crippen molar-refractivity contribution in [2.24, 2.45) is 0 Å². The first kappa shape index (κ1) is 18.6. The Bertz CT molecular complexity index is 664. The number of carbonyl (C=O) groups excluding carboxylic acids is 2. The van der Waals surface area contributed by atoms with E-state index in [1.165, 1.54) is 0 Å². The van der Waals surface area contributed by atoms with Gasteiger partial charge in [0.25, 0.3) is 5.91 Å². The van der Waals surface area contributed by atoms with Crippen LogP contribution in [0.15, 0.2) is 60.7 Å². The lowest BCUT2D eigenvalue weighted by molar-refractivity contribution is -0.148. The zero-order valence-corrected chi connectivity index (χ0v) is 13.6. The number of aliphatic hydroxyl groups is 1. The molecule has 2 aromatic carbocycles. The lowest BCUT2D eigenvalue weighted by atomic mass is 10.2. The van der Waals surface area contributed by atoms with Gasteiger partial charge in [-0.3, -0.25) is 19.3 Å². The van der Waals surface area contributed by atoms with Gasteiger partial charge in [0.05, 0.1) is 19.6 Å². The second-order valence-corrected chi connectivity index (χ2v) is 5.26. The number of nitrogens with one attached hydrogen (secondary N) is 2. The van der Waals surface area contributed by atoms with Crippen LogP contribution in [0, 0.1) is 0 Å². The molecule has 0 aliphatic carbocycles. The average molecular weight is 344 g/mol. The summed E-state index contributed by atoms with van der Waals surface area (Å²) in [5.74, 6) is -1.41. The molecule has 0 spiro atoms. The summed E-state index contributed by atoms with van der Waals surface area (Å²) in [5.41, 5.74) is 6.04. The number of amides is 2. The second-order valence-electron chi connectivity index (χ2n) is 5.26. The van der Waals surface area contributed by atoms with Gasteiger partial charge in [-0.05, 0) is 11.1 Å². The molecule has 25 heavy (non-hydrogen) atoms. The second kappa shape index (κ2) is 10.2. The molecule has 0 bridgehead atoms. The van der Waals surface area contributed by atoms with Gasteiger partial charge in [0, 0.05) is 0 Å². The van der Waals surface area contributed by atoms with Gasteiger partial charge in [-0.1, -0.05) is 60.7 Å². The number of aliphatic hydroxyl groups excluding tert-OH is 1. The van der Waals surface area contributed by atoms with Crippen molar-refractivity contribution in [2.75, 3.05) is 0 Å². The first-order valence-electron chi connectivity index (χ1n) is 7.73. The largest absolute Gasteiger partial charge is 0.383 e. The summed E-state index contributed by atoms with van der Waals surface area (Å²) in [6.07, 6.45) is -1.97. The minimum Gasteiger partial charge on any atom is -0.383 e. The van der Waals surface area contributed by atoms with Crippen LogP contribution in [0.2, 0.25) is 0 Å². The third-order valence-corrected chi connectivity index (χ3v) is 3.20. The predicted molar refractivity (Wildman–Crippen MR) is 89.4 cm³/mol. The lowest BCUT2D eigenvalue weighted by Crippen LogP contribution is -2.38. The zero-order chi connectivity index (χ0) is 17.9. The van der Waals surface area contributed by atoms with Gasteiger partial charge in [-0.15, -0.1) is 0 Å². The summed E-state index contributed by atoms with van der Waals surface area (Å²) in [7, 11) is 0. The average Bonchev–Trinajstić information content (AvgIpc) is 2.63. The van der Waals surface area contributed by atoms with Gasteiger partial charge >= 0.3 is 0 Å². The molecular weight excluding hydrogens is 324 g/mol. The molecular formula is C18H20N2O5. The molecule has 7 nitrogen and oxygen atoms in total. The van der Waals surface area contributed by atoms with Crippen molar-refractivity contribution in [1.82, 2.24) is 11.0 Å². The van der Waals surface area contributed by atoms with Crippen LogP contribution >= 0.6 is 0 Å². The van der Waals surface area contributed by atoms with Crippen LogP contribution in [0.4, 0.5) is 0 Å². The molecule has 1 atom stereocenters. The van der Waals surface area contributed by atoms with Crippen molar-refractivity contribution in [3.63, 3.8) is 0 Å². The number of carbonyl (C=O) groups is 2. The van der Waals surface area contributed by atoms with E-state index in [0.29, 0.717) is 0 Å². The highest BCUT2D eigenvalue weighted by molar-refractivity contribution is 5.86. The third-order valence-electron chi connectivity index (χ3n) is 3.20. The third kappa shape index (κ3) is 7.13. The van der Waals surface area contributed by atoms with Crippen molar-refractivity contribution in [1.29, 1.82) is 0 Å². The Morgan fingerprint density at radius 2 is 1.32 bits per heavy atom. The minimum atomic E-state index is -1.53. The first-order chi connectivity index (χ1) is 12.1. The van der Waals surface area contributed by atoms with Crippen LogP contribution in [0.25, 0.3) is 0 Å². The first-order valence-corrected chi connectivity index (χ1v) is 7.73. The molecule has 0 saturated carbocycles. The molecule has 0 aromatic heterocycles. The van der Waals surface area contributed by atoms with Crippen molar-refractivity contribution < 1.29 is 24.4 Å². The van der Waals surface area contributed by atoms with Crippen molar-refractivity contribution in [2.45, 2.75) is 25.7 Å². The van der Waals surface area contributed by atoms with Gasteiger partial charge in [0.2, 0.25) is 5.91 Å². The van der Waals surface area contributed by atoms with Gasteiger partial charge < -0.3 is 5.11 Å². The summed E-state index contributed by atoms with van der Waals surface area (Å²) in [6.45, 7) is 0.348. The Labute approximate surface area is 145 Å². The van der Waals surface area contributed by atoms with Crippen LogP contribution in [0.3, 0.4) is 0 Å². The van der Waals surface area contributed by atoms with Crippen molar-refractivity contribution >= 4 is 11.8 Å². The molecule has 3 N–H and O–H groups in total. The molecule has 0 fully saturated rings. The van der Waals surface area contributed by atoms with E-state index in [1.807, 2.05) is 60.7 Å². The fourth-order valence-corrected chi connectivity index (χ4v) is 1.92. The van der Waals surface area contributed by atoms with Crippen molar-refractivity contribution in [3.8, 4) is 0 Å². The minimum absolute atomic E-state index is 0.158. The maximum Gasteiger partial charge on any atom is 0.272 e.